The summed E-state index contributed by atoms with van der Waals surface area (Å²) in [4.78, 5) is 0. The summed E-state index contributed by atoms with van der Waals surface area (Å²) in [5.74, 6) is 0. The number of hydrogen-bond acceptors (Lipinski definition) is 0. The van der Waals surface area contributed by atoms with Gasteiger partial charge in [0.2, 0.25) is 0 Å². The second kappa shape index (κ2) is 12.8. The molecule has 0 spiro atoms. The molecule has 0 aliphatic heterocycles. The first-order valence-corrected chi connectivity index (χ1v) is 9.05. The van der Waals surface area contributed by atoms with Crippen LogP contribution in [0.3, 0.4) is 0 Å². The summed E-state index contributed by atoms with van der Waals surface area (Å²) in [6.07, 6.45) is 12.3. The molecule has 2 aromatic rings. The van der Waals surface area contributed by atoms with Gasteiger partial charge in [0.1, 0.15) is 0 Å². The van der Waals surface area contributed by atoms with E-state index in [0.717, 1.165) is 0 Å². The first kappa shape index (κ1) is 20.5. The second-order valence-electron chi connectivity index (χ2n) is 6.25. The van der Waals surface area contributed by atoms with Crippen molar-refractivity contribution in [2.45, 2.75) is 64.7 Å². The molecule has 120 valence electrons. The zero-order chi connectivity index (χ0) is 15.5. The standard InChI is InChI=1S/C22H30.Na.H/c1-2-3-4-5-6-7-8-10-15-21-18-13-14-19-22(21)20-16-11-9-12-17-20;;/h9,11-14,16-19H,2-8,10,15H2,1H3;;. The molecule has 0 aliphatic rings. The van der Waals surface area contributed by atoms with Crippen LogP contribution in [-0.2, 0) is 6.42 Å². The van der Waals surface area contributed by atoms with Gasteiger partial charge in [-0.2, -0.15) is 0 Å². The van der Waals surface area contributed by atoms with Crippen LogP contribution in [0.25, 0.3) is 11.1 Å². The summed E-state index contributed by atoms with van der Waals surface area (Å²) in [5.41, 5.74) is 4.25. The van der Waals surface area contributed by atoms with E-state index < -0.39 is 0 Å². The van der Waals surface area contributed by atoms with Gasteiger partial charge in [-0.1, -0.05) is 106 Å². The molecular formula is C22H31Na. The van der Waals surface area contributed by atoms with Gasteiger partial charge in [-0.05, 0) is 29.5 Å². The van der Waals surface area contributed by atoms with Gasteiger partial charge in [0.05, 0.1) is 0 Å². The van der Waals surface area contributed by atoms with Gasteiger partial charge in [0, 0.05) is 0 Å². The normalized spacial score (nSPS) is 10.3. The minimum absolute atomic E-state index is 0. The molecule has 0 heterocycles. The van der Waals surface area contributed by atoms with Gasteiger partial charge in [-0.3, -0.25) is 0 Å². The zero-order valence-corrected chi connectivity index (χ0v) is 14.1. The average Bonchev–Trinajstić information content (AvgIpc) is 2.58. The molecule has 0 amide bonds. The molecule has 0 fully saturated rings. The second-order valence-corrected chi connectivity index (χ2v) is 6.25. The van der Waals surface area contributed by atoms with Crippen LogP contribution in [0.5, 0.6) is 0 Å². The third kappa shape index (κ3) is 7.70. The van der Waals surface area contributed by atoms with Gasteiger partial charge in [0.15, 0.2) is 0 Å². The molecule has 0 radical (unpaired) electrons. The van der Waals surface area contributed by atoms with Crippen molar-refractivity contribution in [1.29, 1.82) is 0 Å². The third-order valence-electron chi connectivity index (χ3n) is 4.40. The number of rotatable bonds is 10. The molecule has 0 nitrogen and oxygen atoms in total. The molecule has 0 bridgehead atoms. The molecule has 0 atom stereocenters. The van der Waals surface area contributed by atoms with Gasteiger partial charge in [-0.15, -0.1) is 0 Å². The quantitative estimate of drug-likeness (QED) is 0.352. The Morgan fingerprint density at radius 3 is 1.87 bits per heavy atom. The van der Waals surface area contributed by atoms with E-state index in [2.05, 4.69) is 61.5 Å². The molecule has 0 aromatic heterocycles. The number of benzene rings is 2. The molecule has 0 saturated heterocycles. The zero-order valence-electron chi connectivity index (χ0n) is 14.1. The molecular weight excluding hydrogens is 287 g/mol. The Labute approximate surface area is 165 Å². The molecule has 0 N–H and O–H groups in total. The summed E-state index contributed by atoms with van der Waals surface area (Å²) < 4.78 is 0. The van der Waals surface area contributed by atoms with E-state index in [0.29, 0.717) is 0 Å². The van der Waals surface area contributed by atoms with Gasteiger partial charge >= 0.3 is 29.6 Å². The maximum atomic E-state index is 2.30. The first-order chi connectivity index (χ1) is 10.9. The van der Waals surface area contributed by atoms with Crippen LogP contribution in [0, 0.1) is 0 Å². The van der Waals surface area contributed by atoms with Gasteiger partial charge in [-0.25, -0.2) is 0 Å². The van der Waals surface area contributed by atoms with E-state index in [4.69, 9.17) is 0 Å². The Kier molecular flexibility index (Phi) is 11.4. The van der Waals surface area contributed by atoms with Crippen LogP contribution in [0.1, 0.15) is 63.9 Å². The van der Waals surface area contributed by atoms with E-state index in [1.165, 1.54) is 74.5 Å². The minimum atomic E-state index is 0. The number of aryl methyl sites for hydroxylation is 1. The van der Waals surface area contributed by atoms with Crippen molar-refractivity contribution in [1.82, 2.24) is 0 Å². The summed E-state index contributed by atoms with van der Waals surface area (Å²) in [6.45, 7) is 2.28. The fourth-order valence-corrected chi connectivity index (χ4v) is 3.09. The van der Waals surface area contributed by atoms with Crippen molar-refractivity contribution in [2.75, 3.05) is 0 Å². The summed E-state index contributed by atoms with van der Waals surface area (Å²) >= 11 is 0. The monoisotopic (exact) mass is 318 g/mol. The Bertz CT molecular complexity index is 519. The van der Waals surface area contributed by atoms with Crippen LogP contribution >= 0.6 is 0 Å². The van der Waals surface area contributed by atoms with Gasteiger partial charge < -0.3 is 0 Å². The van der Waals surface area contributed by atoms with Crippen LogP contribution < -0.4 is 0 Å². The van der Waals surface area contributed by atoms with Crippen molar-refractivity contribution in [2.24, 2.45) is 0 Å². The first-order valence-electron chi connectivity index (χ1n) is 9.05. The van der Waals surface area contributed by atoms with Crippen molar-refractivity contribution < 1.29 is 0 Å². The Hall–Kier alpha value is -0.560. The Morgan fingerprint density at radius 1 is 0.609 bits per heavy atom. The Morgan fingerprint density at radius 2 is 1.17 bits per heavy atom. The number of hydrogen-bond donors (Lipinski definition) is 0. The molecule has 0 unspecified atom stereocenters. The molecule has 23 heavy (non-hydrogen) atoms. The van der Waals surface area contributed by atoms with Crippen LogP contribution in [0.15, 0.2) is 54.6 Å². The molecule has 1 heteroatoms. The predicted octanol–water partition coefficient (Wildman–Crippen LogP) is 6.39. The molecule has 2 aromatic carbocycles. The van der Waals surface area contributed by atoms with E-state index in [9.17, 15) is 0 Å². The molecule has 0 aliphatic carbocycles. The molecule has 0 saturated carbocycles. The van der Waals surface area contributed by atoms with Crippen LogP contribution in [0.4, 0.5) is 0 Å². The van der Waals surface area contributed by atoms with Crippen molar-refractivity contribution in [3.63, 3.8) is 0 Å². The summed E-state index contributed by atoms with van der Waals surface area (Å²) in [7, 11) is 0. The topological polar surface area (TPSA) is 0 Å². The van der Waals surface area contributed by atoms with Crippen molar-refractivity contribution in [3.05, 3.63) is 60.2 Å². The van der Waals surface area contributed by atoms with Gasteiger partial charge in [0.25, 0.3) is 0 Å². The predicted molar refractivity (Wildman–Crippen MR) is 105 cm³/mol. The maximum absolute atomic E-state index is 2.30. The summed E-state index contributed by atoms with van der Waals surface area (Å²) in [6, 6.07) is 19.7. The van der Waals surface area contributed by atoms with E-state index in [1.807, 2.05) is 0 Å². The molecule has 2 rings (SSSR count). The van der Waals surface area contributed by atoms with Crippen molar-refractivity contribution in [3.8, 4) is 11.1 Å². The van der Waals surface area contributed by atoms with E-state index in [1.54, 1.807) is 0 Å². The number of unbranched alkanes of at least 4 members (excludes halogenated alkanes) is 7. The fourth-order valence-electron chi connectivity index (χ4n) is 3.09. The fraction of sp³-hybridized carbons (Fsp3) is 0.455. The van der Waals surface area contributed by atoms with Crippen LogP contribution in [-0.4, -0.2) is 29.6 Å². The van der Waals surface area contributed by atoms with E-state index >= 15 is 0 Å². The van der Waals surface area contributed by atoms with Crippen molar-refractivity contribution >= 4 is 29.6 Å². The van der Waals surface area contributed by atoms with E-state index in [-0.39, 0.29) is 29.6 Å². The third-order valence-corrected chi connectivity index (χ3v) is 4.40. The summed E-state index contributed by atoms with van der Waals surface area (Å²) in [5, 5.41) is 0. The Balaban J connectivity index is 0.00000264. The van der Waals surface area contributed by atoms with Crippen LogP contribution in [0.2, 0.25) is 0 Å². The average molecular weight is 318 g/mol. The SMILES string of the molecule is CCCCCCCCCCc1ccccc1-c1ccccc1.[NaH].